The van der Waals surface area contributed by atoms with Gasteiger partial charge in [-0.15, -0.1) is 0 Å². The van der Waals surface area contributed by atoms with Crippen molar-refractivity contribution in [3.63, 3.8) is 0 Å². The molecule has 4 aromatic rings. The van der Waals surface area contributed by atoms with E-state index in [1.807, 2.05) is 6.07 Å². The van der Waals surface area contributed by atoms with Gasteiger partial charge in [0.25, 0.3) is 11.6 Å². The third kappa shape index (κ3) is 3.49. The monoisotopic (exact) mass is 403 g/mol. The highest BCUT2D eigenvalue weighted by Crippen LogP contribution is 2.34. The number of benzene rings is 1. The average Bonchev–Trinajstić information content (AvgIpc) is 3.37. The van der Waals surface area contributed by atoms with Crippen LogP contribution in [-0.4, -0.2) is 16.0 Å². The minimum absolute atomic E-state index is 0.225. The molecule has 4 rings (SSSR count). The molecule has 0 saturated carbocycles. The first-order valence-electron chi connectivity index (χ1n) is 10.1. The van der Waals surface area contributed by atoms with Gasteiger partial charge in [0.1, 0.15) is 5.69 Å². The molecular weight excluding hydrogens is 378 g/mol. The Morgan fingerprint density at radius 2 is 1.73 bits per heavy atom. The van der Waals surface area contributed by atoms with Crippen LogP contribution >= 0.6 is 0 Å². The van der Waals surface area contributed by atoms with Crippen molar-refractivity contribution in [3.05, 3.63) is 65.0 Å². The number of pyridine rings is 1. The topological polar surface area (TPSA) is 81.2 Å². The molecule has 154 valence electrons. The summed E-state index contributed by atoms with van der Waals surface area (Å²) in [5, 5.41) is 7.79. The van der Waals surface area contributed by atoms with Crippen molar-refractivity contribution in [2.75, 3.05) is 5.32 Å². The molecule has 0 unspecified atom stereocenters. The number of hydrogen-bond acceptors (Lipinski definition) is 5. The van der Waals surface area contributed by atoms with E-state index in [0.717, 1.165) is 16.8 Å². The summed E-state index contributed by atoms with van der Waals surface area (Å²) in [6, 6.07) is 11.5. The highest BCUT2D eigenvalue weighted by atomic mass is 16.5. The Labute approximate surface area is 175 Å². The van der Waals surface area contributed by atoms with E-state index in [9.17, 15) is 4.79 Å². The van der Waals surface area contributed by atoms with Gasteiger partial charge < -0.3 is 14.3 Å². The Kier molecular flexibility index (Phi) is 5.16. The van der Waals surface area contributed by atoms with Gasteiger partial charge in [-0.3, -0.25) is 4.79 Å². The van der Waals surface area contributed by atoms with Gasteiger partial charge in [-0.1, -0.05) is 51.1 Å². The first kappa shape index (κ1) is 19.9. The molecule has 0 bridgehead atoms. The van der Waals surface area contributed by atoms with E-state index >= 15 is 0 Å². The van der Waals surface area contributed by atoms with Crippen molar-refractivity contribution in [1.82, 2.24) is 10.1 Å². The summed E-state index contributed by atoms with van der Waals surface area (Å²) >= 11 is 0. The van der Waals surface area contributed by atoms with Crippen LogP contribution in [0.3, 0.4) is 0 Å². The maximum absolute atomic E-state index is 13.5. The van der Waals surface area contributed by atoms with Crippen LogP contribution < -0.4 is 5.32 Å². The summed E-state index contributed by atoms with van der Waals surface area (Å²) in [5.74, 6) is 0.877. The van der Waals surface area contributed by atoms with Crippen LogP contribution in [0.15, 0.2) is 51.6 Å². The van der Waals surface area contributed by atoms with Crippen molar-refractivity contribution in [1.29, 1.82) is 0 Å². The van der Waals surface area contributed by atoms with Crippen molar-refractivity contribution in [2.24, 2.45) is 0 Å². The first-order valence-corrected chi connectivity index (χ1v) is 10.1. The van der Waals surface area contributed by atoms with E-state index in [1.165, 1.54) is 0 Å². The third-order valence-corrected chi connectivity index (χ3v) is 5.25. The van der Waals surface area contributed by atoms with Crippen LogP contribution in [0.2, 0.25) is 0 Å². The Morgan fingerprint density at radius 1 is 1.03 bits per heavy atom. The lowest BCUT2D eigenvalue weighted by atomic mass is 9.92. The predicted octanol–water partition coefficient (Wildman–Crippen LogP) is 6.29. The number of furan rings is 1. The number of fused-ring (bicyclic) bond motifs is 1. The van der Waals surface area contributed by atoms with E-state index in [0.29, 0.717) is 33.8 Å². The predicted molar refractivity (Wildman–Crippen MR) is 117 cm³/mol. The Bertz CT molecular complexity index is 1180. The molecular formula is C24H25N3O3. The fraction of sp³-hybridized carbons (Fsp3) is 0.292. The summed E-state index contributed by atoms with van der Waals surface area (Å²) < 4.78 is 10.8. The molecule has 3 aromatic heterocycles. The SMILES string of the molecule is Cc1noc2nc(-c3ccco3)cc(C(=O)Nc3c(C(C)C)cccc3C(C)C)c12. The molecule has 0 atom stereocenters. The quantitative estimate of drug-likeness (QED) is 0.423. The highest BCUT2D eigenvalue weighted by Gasteiger charge is 2.22. The number of amides is 1. The summed E-state index contributed by atoms with van der Waals surface area (Å²) in [6.45, 7) is 10.3. The Balaban J connectivity index is 1.84. The third-order valence-electron chi connectivity index (χ3n) is 5.25. The van der Waals surface area contributed by atoms with Gasteiger partial charge in [-0.2, -0.15) is 0 Å². The van der Waals surface area contributed by atoms with E-state index in [4.69, 9.17) is 8.94 Å². The van der Waals surface area contributed by atoms with E-state index in [-0.39, 0.29) is 17.7 Å². The van der Waals surface area contributed by atoms with Crippen LogP contribution in [0.5, 0.6) is 0 Å². The maximum Gasteiger partial charge on any atom is 0.259 e. The second kappa shape index (κ2) is 7.78. The molecule has 0 saturated heterocycles. The number of anilines is 1. The van der Waals surface area contributed by atoms with Gasteiger partial charge in [-0.05, 0) is 48.1 Å². The lowest BCUT2D eigenvalue weighted by Crippen LogP contribution is -2.16. The second-order valence-corrected chi connectivity index (χ2v) is 8.06. The molecule has 6 nitrogen and oxygen atoms in total. The zero-order valence-electron chi connectivity index (χ0n) is 17.8. The molecule has 30 heavy (non-hydrogen) atoms. The standard InChI is InChI=1S/C24H25N3O3/c1-13(2)16-8-6-9-17(14(3)4)22(16)26-23(28)18-12-19(20-10-7-11-29-20)25-24-21(18)15(5)27-30-24/h6-14H,1-5H3,(H,26,28). The number of aromatic nitrogens is 2. The number of aryl methyl sites for hydroxylation is 1. The van der Waals surface area contributed by atoms with Crippen LogP contribution in [0.4, 0.5) is 5.69 Å². The number of nitrogens with one attached hydrogen (secondary N) is 1. The van der Waals surface area contributed by atoms with Gasteiger partial charge in [-0.25, -0.2) is 4.98 Å². The van der Waals surface area contributed by atoms with Crippen LogP contribution in [-0.2, 0) is 0 Å². The average molecular weight is 403 g/mol. The molecule has 0 radical (unpaired) electrons. The first-order chi connectivity index (χ1) is 14.4. The minimum Gasteiger partial charge on any atom is -0.463 e. The molecule has 0 aliphatic carbocycles. The number of hydrogen-bond donors (Lipinski definition) is 1. The molecule has 1 aromatic carbocycles. The van der Waals surface area contributed by atoms with E-state index < -0.39 is 0 Å². The van der Waals surface area contributed by atoms with Gasteiger partial charge in [0.15, 0.2) is 5.76 Å². The Morgan fingerprint density at radius 3 is 2.33 bits per heavy atom. The smallest absolute Gasteiger partial charge is 0.259 e. The summed E-state index contributed by atoms with van der Waals surface area (Å²) in [4.78, 5) is 18.0. The second-order valence-electron chi connectivity index (χ2n) is 8.06. The largest absolute Gasteiger partial charge is 0.463 e. The molecule has 1 N–H and O–H groups in total. The van der Waals surface area contributed by atoms with Crippen molar-refractivity contribution in [2.45, 2.75) is 46.5 Å². The molecule has 0 aliphatic heterocycles. The highest BCUT2D eigenvalue weighted by molar-refractivity contribution is 6.13. The van der Waals surface area contributed by atoms with Gasteiger partial charge >= 0.3 is 0 Å². The summed E-state index contributed by atoms with van der Waals surface area (Å²) in [6.07, 6.45) is 1.57. The maximum atomic E-state index is 13.5. The van der Waals surface area contributed by atoms with Crippen LogP contribution in [0.25, 0.3) is 22.6 Å². The van der Waals surface area contributed by atoms with E-state index in [2.05, 4.69) is 55.3 Å². The fourth-order valence-electron chi connectivity index (χ4n) is 3.70. The van der Waals surface area contributed by atoms with Crippen LogP contribution in [0.1, 0.15) is 66.7 Å². The normalized spacial score (nSPS) is 11.6. The van der Waals surface area contributed by atoms with Gasteiger partial charge in [0.05, 0.1) is 22.9 Å². The number of carbonyl (C=O) groups excluding carboxylic acids is 1. The van der Waals surface area contributed by atoms with Gasteiger partial charge in [0, 0.05) is 5.69 Å². The van der Waals surface area contributed by atoms with Gasteiger partial charge in [0.2, 0.25) is 0 Å². The summed E-state index contributed by atoms with van der Waals surface area (Å²) in [5.41, 5.74) is 4.99. The molecule has 6 heteroatoms. The molecule has 1 amide bonds. The van der Waals surface area contributed by atoms with E-state index in [1.54, 1.807) is 31.4 Å². The number of carbonyl (C=O) groups is 1. The van der Waals surface area contributed by atoms with Crippen molar-refractivity contribution < 1.29 is 13.7 Å². The minimum atomic E-state index is -0.225. The molecule has 0 aliphatic rings. The molecule has 0 spiro atoms. The molecule has 0 fully saturated rings. The molecule has 3 heterocycles. The van der Waals surface area contributed by atoms with Crippen LogP contribution in [0, 0.1) is 6.92 Å². The lowest BCUT2D eigenvalue weighted by Gasteiger charge is -2.20. The Hall–Kier alpha value is -3.41. The lowest BCUT2D eigenvalue weighted by molar-refractivity contribution is 0.102. The summed E-state index contributed by atoms with van der Waals surface area (Å²) in [7, 11) is 0. The zero-order chi connectivity index (χ0) is 21.4. The van der Waals surface area contributed by atoms with Crippen molar-refractivity contribution >= 4 is 22.7 Å². The number of para-hydroxylation sites is 1. The fourth-order valence-corrected chi connectivity index (χ4v) is 3.70. The van der Waals surface area contributed by atoms with Crippen molar-refractivity contribution in [3.8, 4) is 11.5 Å². The zero-order valence-corrected chi connectivity index (χ0v) is 17.8. The number of nitrogens with zero attached hydrogens (tertiary/aromatic N) is 2. The number of rotatable bonds is 5.